The van der Waals surface area contributed by atoms with Crippen molar-refractivity contribution >= 4 is 10.9 Å². The van der Waals surface area contributed by atoms with Crippen molar-refractivity contribution in [2.75, 3.05) is 39.4 Å². The highest BCUT2D eigenvalue weighted by molar-refractivity contribution is 5.93. The van der Waals surface area contributed by atoms with Gasteiger partial charge in [0.15, 0.2) is 0 Å². The number of aromatic amines is 1. The van der Waals surface area contributed by atoms with E-state index in [1.54, 1.807) is 0 Å². The molecule has 5 nitrogen and oxygen atoms in total. The van der Waals surface area contributed by atoms with Crippen LogP contribution in [0.5, 0.6) is 0 Å². The standard InChI is InChI=1S/C24H30N4O/c1-17-14-23-22(15-21(27-23)16-28-10-12-29-13-11-28)24(26-17)20-4-2-18(3-5-20)19-6-8-25-9-7-19/h2-5,14-15,19,25,27H,6-13,16H2,1H3. The molecule has 0 amide bonds. The van der Waals surface area contributed by atoms with Gasteiger partial charge in [-0.15, -0.1) is 0 Å². The van der Waals surface area contributed by atoms with Gasteiger partial charge in [-0.3, -0.25) is 9.88 Å². The van der Waals surface area contributed by atoms with Crippen molar-refractivity contribution in [1.29, 1.82) is 0 Å². The molecule has 0 atom stereocenters. The van der Waals surface area contributed by atoms with E-state index in [2.05, 4.69) is 58.5 Å². The van der Waals surface area contributed by atoms with Gasteiger partial charge < -0.3 is 15.0 Å². The van der Waals surface area contributed by atoms with Gasteiger partial charge in [-0.1, -0.05) is 24.3 Å². The number of aryl methyl sites for hydroxylation is 1. The van der Waals surface area contributed by atoms with Crippen LogP contribution in [0.1, 0.15) is 35.7 Å². The second-order valence-electron chi connectivity index (χ2n) is 8.40. The summed E-state index contributed by atoms with van der Waals surface area (Å²) in [4.78, 5) is 11.0. The molecular weight excluding hydrogens is 360 g/mol. The van der Waals surface area contributed by atoms with Gasteiger partial charge in [-0.2, -0.15) is 0 Å². The highest BCUT2D eigenvalue weighted by atomic mass is 16.5. The van der Waals surface area contributed by atoms with Gasteiger partial charge >= 0.3 is 0 Å². The SMILES string of the molecule is Cc1cc2[nH]c(CN3CCOCC3)cc2c(-c2ccc(C3CCNCC3)cc2)n1. The molecule has 0 bridgehead atoms. The number of H-pyrrole nitrogens is 1. The second-order valence-corrected chi connectivity index (χ2v) is 8.40. The fourth-order valence-electron chi connectivity index (χ4n) is 4.69. The Morgan fingerprint density at radius 3 is 2.59 bits per heavy atom. The zero-order valence-corrected chi connectivity index (χ0v) is 17.2. The molecule has 3 aromatic rings. The first kappa shape index (κ1) is 18.8. The smallest absolute Gasteiger partial charge is 0.0799 e. The van der Waals surface area contributed by atoms with E-state index in [1.807, 2.05) is 0 Å². The van der Waals surface area contributed by atoms with E-state index in [0.717, 1.165) is 57.3 Å². The topological polar surface area (TPSA) is 53.2 Å². The minimum absolute atomic E-state index is 0.683. The summed E-state index contributed by atoms with van der Waals surface area (Å²) in [6.45, 7) is 8.92. The molecule has 5 heteroatoms. The van der Waals surface area contributed by atoms with E-state index in [1.165, 1.54) is 40.6 Å². The molecule has 2 fully saturated rings. The average molecular weight is 391 g/mol. The third-order valence-corrected chi connectivity index (χ3v) is 6.29. The lowest BCUT2D eigenvalue weighted by atomic mass is 9.89. The average Bonchev–Trinajstić information content (AvgIpc) is 3.16. The van der Waals surface area contributed by atoms with E-state index < -0.39 is 0 Å². The quantitative estimate of drug-likeness (QED) is 0.711. The Morgan fingerprint density at radius 2 is 1.83 bits per heavy atom. The van der Waals surface area contributed by atoms with Crippen molar-refractivity contribution in [3.05, 3.63) is 53.3 Å². The van der Waals surface area contributed by atoms with Crippen LogP contribution in [-0.2, 0) is 11.3 Å². The van der Waals surface area contributed by atoms with E-state index in [9.17, 15) is 0 Å². The maximum absolute atomic E-state index is 5.48. The molecule has 2 aliphatic heterocycles. The predicted octanol–water partition coefficient (Wildman–Crippen LogP) is 3.84. The van der Waals surface area contributed by atoms with Crippen LogP contribution in [0.25, 0.3) is 22.2 Å². The van der Waals surface area contributed by atoms with Gasteiger partial charge in [0.2, 0.25) is 0 Å². The fourth-order valence-corrected chi connectivity index (χ4v) is 4.69. The lowest BCUT2D eigenvalue weighted by Crippen LogP contribution is -2.35. The Balaban J connectivity index is 1.44. The van der Waals surface area contributed by atoms with Gasteiger partial charge in [-0.05, 0) is 56.5 Å². The van der Waals surface area contributed by atoms with Crippen LogP contribution in [0, 0.1) is 6.92 Å². The largest absolute Gasteiger partial charge is 0.379 e. The zero-order valence-electron chi connectivity index (χ0n) is 17.2. The third kappa shape index (κ3) is 4.08. The van der Waals surface area contributed by atoms with Crippen LogP contribution in [0.4, 0.5) is 0 Å². The minimum atomic E-state index is 0.683. The van der Waals surface area contributed by atoms with Crippen LogP contribution in [0.15, 0.2) is 36.4 Å². The van der Waals surface area contributed by atoms with Crippen molar-refractivity contribution in [2.45, 2.75) is 32.2 Å². The molecule has 2 aromatic heterocycles. The molecule has 4 heterocycles. The molecule has 5 rings (SSSR count). The number of fused-ring (bicyclic) bond motifs is 1. The summed E-state index contributed by atoms with van der Waals surface area (Å²) in [6.07, 6.45) is 2.46. The number of rotatable bonds is 4. The monoisotopic (exact) mass is 390 g/mol. The number of pyridine rings is 1. The van der Waals surface area contributed by atoms with E-state index in [0.29, 0.717) is 5.92 Å². The van der Waals surface area contributed by atoms with Crippen LogP contribution in [0.2, 0.25) is 0 Å². The molecular formula is C24H30N4O. The molecule has 2 aliphatic rings. The molecule has 29 heavy (non-hydrogen) atoms. The maximum Gasteiger partial charge on any atom is 0.0799 e. The predicted molar refractivity (Wildman–Crippen MR) is 117 cm³/mol. The summed E-state index contributed by atoms with van der Waals surface area (Å²) in [5, 5.41) is 4.67. The number of morpholine rings is 1. The highest BCUT2D eigenvalue weighted by Crippen LogP contribution is 2.31. The summed E-state index contributed by atoms with van der Waals surface area (Å²) in [7, 11) is 0. The number of nitrogens with zero attached hydrogens (tertiary/aromatic N) is 2. The molecule has 0 aliphatic carbocycles. The molecule has 0 spiro atoms. The van der Waals surface area contributed by atoms with Crippen LogP contribution >= 0.6 is 0 Å². The van der Waals surface area contributed by atoms with Gasteiger partial charge in [0, 0.05) is 47.5 Å². The highest BCUT2D eigenvalue weighted by Gasteiger charge is 2.17. The lowest BCUT2D eigenvalue weighted by molar-refractivity contribution is 0.0337. The van der Waals surface area contributed by atoms with Crippen molar-refractivity contribution in [3.8, 4) is 11.3 Å². The minimum Gasteiger partial charge on any atom is -0.379 e. The Kier molecular flexibility index (Phi) is 5.36. The molecule has 0 saturated carbocycles. The molecule has 0 unspecified atom stereocenters. The summed E-state index contributed by atoms with van der Waals surface area (Å²) in [5.74, 6) is 0.683. The molecule has 2 N–H and O–H groups in total. The number of nitrogens with one attached hydrogen (secondary N) is 2. The number of aromatic nitrogens is 2. The molecule has 152 valence electrons. The summed E-state index contributed by atoms with van der Waals surface area (Å²) < 4.78 is 5.48. The van der Waals surface area contributed by atoms with Gasteiger partial charge in [-0.25, -0.2) is 0 Å². The van der Waals surface area contributed by atoms with Gasteiger partial charge in [0.25, 0.3) is 0 Å². The molecule has 1 aromatic carbocycles. The number of piperidine rings is 1. The number of hydrogen-bond acceptors (Lipinski definition) is 4. The Bertz CT molecular complexity index is 966. The van der Waals surface area contributed by atoms with Crippen molar-refractivity contribution in [2.24, 2.45) is 0 Å². The Morgan fingerprint density at radius 1 is 1.07 bits per heavy atom. The second kappa shape index (κ2) is 8.27. The number of hydrogen-bond donors (Lipinski definition) is 2. The summed E-state index contributed by atoms with van der Waals surface area (Å²) >= 11 is 0. The van der Waals surface area contributed by atoms with Crippen molar-refractivity contribution < 1.29 is 4.74 Å². The van der Waals surface area contributed by atoms with Gasteiger partial charge in [0.05, 0.1) is 18.9 Å². The van der Waals surface area contributed by atoms with E-state index in [4.69, 9.17) is 9.72 Å². The van der Waals surface area contributed by atoms with Crippen molar-refractivity contribution in [1.82, 2.24) is 20.2 Å². The molecule has 2 saturated heterocycles. The van der Waals surface area contributed by atoms with Gasteiger partial charge in [0.1, 0.15) is 0 Å². The Labute approximate surface area is 172 Å². The normalized spacial score (nSPS) is 19.1. The maximum atomic E-state index is 5.48. The Hall–Kier alpha value is -2.21. The fraction of sp³-hybridized carbons (Fsp3) is 0.458. The first-order valence-electron chi connectivity index (χ1n) is 10.9. The van der Waals surface area contributed by atoms with Crippen LogP contribution < -0.4 is 5.32 Å². The first-order valence-corrected chi connectivity index (χ1v) is 10.9. The summed E-state index contributed by atoms with van der Waals surface area (Å²) in [5.41, 5.74) is 7.23. The van der Waals surface area contributed by atoms with Crippen LogP contribution in [-0.4, -0.2) is 54.3 Å². The van der Waals surface area contributed by atoms with Crippen molar-refractivity contribution in [3.63, 3.8) is 0 Å². The molecule has 0 radical (unpaired) electrons. The number of ether oxygens (including phenoxy) is 1. The van der Waals surface area contributed by atoms with E-state index in [-0.39, 0.29) is 0 Å². The van der Waals surface area contributed by atoms with Crippen LogP contribution in [0.3, 0.4) is 0 Å². The van der Waals surface area contributed by atoms with E-state index >= 15 is 0 Å². The zero-order chi connectivity index (χ0) is 19.6. The third-order valence-electron chi connectivity index (χ3n) is 6.29. The lowest BCUT2D eigenvalue weighted by Gasteiger charge is -2.25. The number of benzene rings is 1. The summed E-state index contributed by atoms with van der Waals surface area (Å²) in [6, 6.07) is 13.6. The first-order chi connectivity index (χ1) is 14.3.